The van der Waals surface area contributed by atoms with Crippen molar-refractivity contribution >= 4 is 22.5 Å². The first-order chi connectivity index (χ1) is 13.5. The molecule has 1 aliphatic carbocycles. The molecule has 0 fully saturated rings. The number of rotatable bonds is 4. The number of hydrogen-bond acceptors (Lipinski definition) is 4. The molecule has 2 N–H and O–H groups in total. The molecule has 0 radical (unpaired) electrons. The van der Waals surface area contributed by atoms with Crippen LogP contribution in [0, 0.1) is 0 Å². The van der Waals surface area contributed by atoms with Crippen LogP contribution in [-0.2, 0) is 4.79 Å². The Morgan fingerprint density at radius 1 is 1.14 bits per heavy atom. The zero-order chi connectivity index (χ0) is 20.8. The zero-order valence-corrected chi connectivity index (χ0v) is 16.0. The molecule has 0 saturated carbocycles. The minimum Gasteiger partial charge on any atom is -0.508 e. The molecule has 0 aromatic heterocycles. The monoisotopic (exact) mass is 378 g/mol. The van der Waals surface area contributed by atoms with Gasteiger partial charge in [0.25, 0.3) is 0 Å². The van der Waals surface area contributed by atoms with E-state index in [-0.39, 0.29) is 16.8 Å². The number of carbonyl (C=O) groups is 1. The van der Waals surface area contributed by atoms with Crippen LogP contribution in [0.25, 0.3) is 27.9 Å². The quantitative estimate of drug-likeness (QED) is 0.369. The lowest BCUT2D eigenvalue weighted by atomic mass is 9.89. The van der Waals surface area contributed by atoms with Gasteiger partial charge in [-0.2, -0.15) is 0 Å². The summed E-state index contributed by atoms with van der Waals surface area (Å²) in [5.41, 5.74) is 1.86. The van der Waals surface area contributed by atoms with E-state index in [9.17, 15) is 19.8 Å². The molecule has 1 aromatic rings. The summed E-state index contributed by atoms with van der Waals surface area (Å²) in [6.45, 7) is 9.32. The molecule has 144 valence electrons. The maximum Gasteiger partial charge on any atom is 0.336 e. The summed E-state index contributed by atoms with van der Waals surface area (Å²) in [5, 5.41) is 20.0. The maximum atomic E-state index is 11.8. The van der Waals surface area contributed by atoms with E-state index in [0.717, 1.165) is 0 Å². The highest BCUT2D eigenvalue weighted by Crippen LogP contribution is 2.40. The lowest BCUT2D eigenvalue weighted by molar-refractivity contribution is -0.132. The van der Waals surface area contributed by atoms with E-state index in [2.05, 4.69) is 6.58 Å². The van der Waals surface area contributed by atoms with Crippen LogP contribution in [-0.4, -0.2) is 16.2 Å². The van der Waals surface area contributed by atoms with Gasteiger partial charge in [-0.05, 0) is 42.8 Å². The summed E-state index contributed by atoms with van der Waals surface area (Å²) in [4.78, 5) is 23.5. The molecular formula is C23H22O5. The van der Waals surface area contributed by atoms with Crippen molar-refractivity contribution in [1.29, 1.82) is 0 Å². The van der Waals surface area contributed by atoms with Crippen LogP contribution >= 0.6 is 0 Å². The number of fused-ring (bicyclic) bond motifs is 2. The summed E-state index contributed by atoms with van der Waals surface area (Å²) >= 11 is 0. The highest BCUT2D eigenvalue weighted by Gasteiger charge is 2.23. The number of hydrogen-bond donors (Lipinski definition) is 2. The Morgan fingerprint density at radius 2 is 1.86 bits per heavy atom. The Hall–Kier alpha value is -3.60. The van der Waals surface area contributed by atoms with Gasteiger partial charge in [0.1, 0.15) is 17.1 Å². The van der Waals surface area contributed by atoms with Crippen LogP contribution in [0.2, 0.25) is 0 Å². The molecule has 1 aliphatic heterocycles. The van der Waals surface area contributed by atoms with E-state index in [1.165, 1.54) is 36.4 Å². The third kappa shape index (κ3) is 3.88. The van der Waals surface area contributed by atoms with Gasteiger partial charge in [-0.3, -0.25) is 4.79 Å². The minimum absolute atomic E-state index is 0.00643. The van der Waals surface area contributed by atoms with Crippen LogP contribution in [0.5, 0.6) is 5.75 Å². The second-order valence-corrected chi connectivity index (χ2v) is 5.64. The van der Waals surface area contributed by atoms with Crippen LogP contribution in [0.15, 0.2) is 76.0 Å². The first-order valence-corrected chi connectivity index (χ1v) is 8.89. The molecule has 28 heavy (non-hydrogen) atoms. The number of aliphatic carboxylic acids is 1. The van der Waals surface area contributed by atoms with Crippen molar-refractivity contribution in [2.24, 2.45) is 0 Å². The van der Waals surface area contributed by atoms with Crippen molar-refractivity contribution in [3.63, 3.8) is 0 Å². The lowest BCUT2D eigenvalue weighted by Crippen LogP contribution is -2.06. The van der Waals surface area contributed by atoms with E-state index >= 15 is 0 Å². The molecule has 5 heteroatoms. The van der Waals surface area contributed by atoms with Gasteiger partial charge in [-0.1, -0.05) is 32.6 Å². The smallest absolute Gasteiger partial charge is 0.336 e. The predicted molar refractivity (Wildman–Crippen MR) is 112 cm³/mol. The van der Waals surface area contributed by atoms with Crippen molar-refractivity contribution in [3.05, 3.63) is 82.6 Å². The molecule has 0 atom stereocenters. The molecule has 1 heterocycles. The predicted octanol–water partition coefficient (Wildman–Crippen LogP) is 5.23. The van der Waals surface area contributed by atoms with Crippen molar-refractivity contribution in [2.45, 2.75) is 20.8 Å². The topological polar surface area (TPSA) is 87.7 Å². The Bertz CT molecular complexity index is 1120. The molecular weight excluding hydrogens is 356 g/mol. The van der Waals surface area contributed by atoms with Crippen molar-refractivity contribution < 1.29 is 19.4 Å². The second kappa shape index (κ2) is 8.86. The summed E-state index contributed by atoms with van der Waals surface area (Å²) in [6.07, 6.45) is 4.52. The van der Waals surface area contributed by atoms with E-state index in [0.29, 0.717) is 33.4 Å². The SMILES string of the molecule is C=C/C=C(C(=O)O)\C(=C/C)c1c2ccc(=O)cc-2oc2cc(O)ccc12.CC. The first kappa shape index (κ1) is 20.7. The summed E-state index contributed by atoms with van der Waals surface area (Å²) in [5.74, 6) is -0.778. The average Bonchev–Trinajstić information content (AvgIpc) is 2.68. The molecule has 0 saturated heterocycles. The van der Waals surface area contributed by atoms with Crippen molar-refractivity contribution in [2.75, 3.05) is 0 Å². The largest absolute Gasteiger partial charge is 0.508 e. The van der Waals surface area contributed by atoms with Crippen LogP contribution in [0.3, 0.4) is 0 Å². The Morgan fingerprint density at radius 3 is 2.46 bits per heavy atom. The van der Waals surface area contributed by atoms with Gasteiger partial charge >= 0.3 is 5.97 Å². The normalized spacial score (nSPS) is 11.8. The summed E-state index contributed by atoms with van der Waals surface area (Å²) < 4.78 is 5.77. The van der Waals surface area contributed by atoms with Gasteiger partial charge in [0, 0.05) is 28.6 Å². The average molecular weight is 378 g/mol. The number of phenolic OH excluding ortho intramolecular Hbond substituents is 1. The van der Waals surface area contributed by atoms with Gasteiger partial charge in [0.15, 0.2) is 5.43 Å². The van der Waals surface area contributed by atoms with Gasteiger partial charge < -0.3 is 14.6 Å². The maximum absolute atomic E-state index is 11.8. The molecule has 2 aliphatic rings. The van der Waals surface area contributed by atoms with Crippen molar-refractivity contribution in [3.8, 4) is 17.1 Å². The third-order valence-corrected chi connectivity index (χ3v) is 4.04. The second-order valence-electron chi connectivity index (χ2n) is 5.64. The van der Waals surface area contributed by atoms with Gasteiger partial charge in [-0.15, -0.1) is 0 Å². The highest BCUT2D eigenvalue weighted by atomic mass is 16.4. The molecule has 3 rings (SSSR count). The van der Waals surface area contributed by atoms with E-state index in [1.54, 1.807) is 25.1 Å². The van der Waals surface area contributed by atoms with Crippen LogP contribution in [0.4, 0.5) is 0 Å². The number of carboxylic acids is 1. The van der Waals surface area contributed by atoms with E-state index in [4.69, 9.17) is 4.42 Å². The lowest BCUT2D eigenvalue weighted by Gasteiger charge is -2.17. The first-order valence-electron chi connectivity index (χ1n) is 8.89. The summed E-state index contributed by atoms with van der Waals surface area (Å²) in [6, 6.07) is 8.94. The van der Waals surface area contributed by atoms with Crippen LogP contribution in [0.1, 0.15) is 26.3 Å². The number of carboxylic acid groups (broad SMARTS) is 1. The number of phenols is 1. The molecule has 0 bridgehead atoms. The standard InChI is InChI=1S/C21H16O5.C2H6/c1-3-5-15(21(24)25)14(4-2)20-16-8-6-12(22)10-18(16)26-19-11-13(23)7-9-17(19)20;1-2/h3-11,22H,1H2,2H3,(H,24,25);1-2H3/b14-4+,15-5+;. The zero-order valence-electron chi connectivity index (χ0n) is 16.0. The minimum atomic E-state index is -1.10. The Balaban J connectivity index is 0.00000136. The molecule has 0 spiro atoms. The fourth-order valence-electron chi connectivity index (χ4n) is 2.98. The Kier molecular flexibility index (Phi) is 6.55. The fraction of sp³-hybridized carbons (Fsp3) is 0.130. The molecule has 0 unspecified atom stereocenters. The number of benzene rings is 2. The molecule has 1 aromatic carbocycles. The van der Waals surface area contributed by atoms with E-state index in [1.807, 2.05) is 13.8 Å². The fourth-order valence-corrected chi connectivity index (χ4v) is 2.98. The van der Waals surface area contributed by atoms with Crippen LogP contribution < -0.4 is 5.43 Å². The highest BCUT2D eigenvalue weighted by molar-refractivity contribution is 6.12. The van der Waals surface area contributed by atoms with E-state index < -0.39 is 5.97 Å². The van der Waals surface area contributed by atoms with Crippen molar-refractivity contribution in [1.82, 2.24) is 0 Å². The third-order valence-electron chi connectivity index (χ3n) is 4.04. The van der Waals surface area contributed by atoms with Gasteiger partial charge in [-0.25, -0.2) is 4.79 Å². The molecule has 0 amide bonds. The molecule has 5 nitrogen and oxygen atoms in total. The van der Waals surface area contributed by atoms with Gasteiger partial charge in [0.2, 0.25) is 0 Å². The van der Waals surface area contributed by atoms with Gasteiger partial charge in [0.05, 0.1) is 5.57 Å². The number of allylic oxidation sites excluding steroid dienone is 3. The number of aromatic hydroxyl groups is 1. The summed E-state index contributed by atoms with van der Waals surface area (Å²) in [7, 11) is 0. The Labute approximate surface area is 162 Å².